The third-order valence-electron chi connectivity index (χ3n) is 5.61. The van der Waals surface area contributed by atoms with Gasteiger partial charge in [-0.25, -0.2) is 9.97 Å². The van der Waals surface area contributed by atoms with Gasteiger partial charge in [0, 0.05) is 25.5 Å². The number of nitrogens with zero attached hydrogens (tertiary/aromatic N) is 4. The van der Waals surface area contributed by atoms with E-state index in [1.807, 2.05) is 11.8 Å². The van der Waals surface area contributed by atoms with Crippen LogP contribution in [0.5, 0.6) is 0 Å². The monoisotopic (exact) mass is 371 g/mol. The van der Waals surface area contributed by atoms with E-state index in [9.17, 15) is 4.79 Å². The van der Waals surface area contributed by atoms with Crippen LogP contribution in [0.3, 0.4) is 0 Å². The molecule has 27 heavy (non-hydrogen) atoms. The van der Waals surface area contributed by atoms with E-state index < -0.39 is 0 Å². The van der Waals surface area contributed by atoms with Gasteiger partial charge in [0.15, 0.2) is 0 Å². The highest BCUT2D eigenvalue weighted by atomic mass is 16.5. The molecule has 2 saturated heterocycles. The summed E-state index contributed by atoms with van der Waals surface area (Å²) in [6, 6.07) is 0. The average Bonchev–Trinajstić information content (AvgIpc) is 3.18. The first kappa shape index (κ1) is 17.9. The van der Waals surface area contributed by atoms with E-state index in [2.05, 4.69) is 20.4 Å². The maximum Gasteiger partial charge on any atom is 0.259 e. The van der Waals surface area contributed by atoms with Gasteiger partial charge < -0.3 is 19.5 Å². The number of likely N-dealkylation sites (tertiary alicyclic amines) is 1. The van der Waals surface area contributed by atoms with Crippen molar-refractivity contribution in [2.45, 2.75) is 39.2 Å². The zero-order chi connectivity index (χ0) is 19.0. The summed E-state index contributed by atoms with van der Waals surface area (Å²) in [5.74, 6) is 1.63. The van der Waals surface area contributed by atoms with E-state index in [1.54, 1.807) is 26.2 Å². The number of aromatic nitrogens is 3. The molecule has 1 N–H and O–H groups in total. The lowest BCUT2D eigenvalue weighted by Gasteiger charge is -2.50. The number of ether oxygens (including phenoxy) is 1. The Morgan fingerprint density at radius 3 is 2.70 bits per heavy atom. The highest BCUT2D eigenvalue weighted by molar-refractivity contribution is 5.96. The van der Waals surface area contributed by atoms with E-state index in [-0.39, 0.29) is 11.5 Å². The lowest BCUT2D eigenvalue weighted by atomic mass is 9.78. The van der Waals surface area contributed by atoms with Crippen molar-refractivity contribution in [1.29, 1.82) is 0 Å². The third-order valence-corrected chi connectivity index (χ3v) is 5.61. The number of nitrogens with one attached hydrogen (secondary N) is 1. The first-order chi connectivity index (χ1) is 13.0. The second kappa shape index (κ2) is 6.92. The van der Waals surface area contributed by atoms with Crippen molar-refractivity contribution >= 4 is 11.9 Å². The van der Waals surface area contributed by atoms with Gasteiger partial charge in [0.25, 0.3) is 5.91 Å². The number of anilines is 1. The molecule has 4 heterocycles. The first-order valence-corrected chi connectivity index (χ1v) is 9.37. The summed E-state index contributed by atoms with van der Waals surface area (Å²) >= 11 is 0. The fourth-order valence-corrected chi connectivity index (χ4v) is 4.07. The van der Waals surface area contributed by atoms with Crippen molar-refractivity contribution in [2.24, 2.45) is 5.92 Å². The van der Waals surface area contributed by atoms with Gasteiger partial charge in [0.05, 0.1) is 18.8 Å². The maximum absolute atomic E-state index is 12.7. The van der Waals surface area contributed by atoms with Gasteiger partial charge in [-0.2, -0.15) is 0 Å². The quantitative estimate of drug-likeness (QED) is 0.860. The largest absolute Gasteiger partial charge is 0.371 e. The summed E-state index contributed by atoms with van der Waals surface area (Å²) in [6.45, 7) is 8.33. The molecule has 2 aromatic rings. The molecule has 8 nitrogen and oxygen atoms in total. The standard InChI is InChI=1S/C19H25N5O3/c1-12-8-21-18(22-9-12)20-6-4-15-5-7-26-19(15)10-24(11-19)17(25)16-13(2)23-27-14(16)3/h8-9,15H,4-7,10-11H2,1-3H3,(H,20,21,22)/t15-/m1/s1. The van der Waals surface area contributed by atoms with Gasteiger partial charge in [-0.05, 0) is 45.1 Å². The van der Waals surface area contributed by atoms with Crippen molar-refractivity contribution in [1.82, 2.24) is 20.0 Å². The molecule has 2 aliphatic heterocycles. The van der Waals surface area contributed by atoms with Crippen LogP contribution < -0.4 is 5.32 Å². The summed E-state index contributed by atoms with van der Waals surface area (Å²) in [5, 5.41) is 7.16. The van der Waals surface area contributed by atoms with Crippen LogP contribution in [0.4, 0.5) is 5.95 Å². The van der Waals surface area contributed by atoms with E-state index in [1.165, 1.54) is 0 Å². The van der Waals surface area contributed by atoms with Crippen LogP contribution in [0.2, 0.25) is 0 Å². The molecule has 0 bridgehead atoms. The van der Waals surface area contributed by atoms with Crippen LogP contribution in [0.25, 0.3) is 0 Å². The summed E-state index contributed by atoms with van der Waals surface area (Å²) in [5.41, 5.74) is 2.05. The predicted octanol–water partition coefficient (Wildman–Crippen LogP) is 2.12. The first-order valence-electron chi connectivity index (χ1n) is 9.37. The molecular weight excluding hydrogens is 346 g/mol. The zero-order valence-electron chi connectivity index (χ0n) is 16.0. The van der Waals surface area contributed by atoms with E-state index >= 15 is 0 Å². The van der Waals surface area contributed by atoms with Crippen molar-refractivity contribution in [3.63, 3.8) is 0 Å². The molecule has 144 valence electrons. The second-order valence-corrected chi connectivity index (χ2v) is 7.56. The minimum atomic E-state index is -0.218. The van der Waals surface area contributed by atoms with Crippen LogP contribution in [0.15, 0.2) is 16.9 Å². The van der Waals surface area contributed by atoms with E-state index in [4.69, 9.17) is 9.26 Å². The Morgan fingerprint density at radius 1 is 1.30 bits per heavy atom. The van der Waals surface area contributed by atoms with Gasteiger partial charge >= 0.3 is 0 Å². The van der Waals surface area contributed by atoms with Crippen molar-refractivity contribution < 1.29 is 14.1 Å². The molecule has 0 aliphatic carbocycles. The molecule has 2 fully saturated rings. The van der Waals surface area contributed by atoms with Gasteiger partial charge in [0.2, 0.25) is 5.95 Å². The van der Waals surface area contributed by atoms with Crippen molar-refractivity contribution in [2.75, 3.05) is 31.6 Å². The number of rotatable bonds is 5. The van der Waals surface area contributed by atoms with Crippen LogP contribution in [-0.4, -0.2) is 57.8 Å². The molecule has 1 spiro atoms. The Morgan fingerprint density at radius 2 is 2.04 bits per heavy atom. The third kappa shape index (κ3) is 3.29. The normalized spacial score (nSPS) is 20.7. The number of hydrogen-bond donors (Lipinski definition) is 1. The van der Waals surface area contributed by atoms with Gasteiger partial charge in [-0.1, -0.05) is 5.16 Å². The highest BCUT2D eigenvalue weighted by Crippen LogP contribution is 2.42. The fourth-order valence-electron chi connectivity index (χ4n) is 4.07. The number of amides is 1. The summed E-state index contributed by atoms with van der Waals surface area (Å²) in [6.07, 6.45) is 5.59. The smallest absolute Gasteiger partial charge is 0.259 e. The molecular formula is C19H25N5O3. The van der Waals surface area contributed by atoms with Gasteiger partial charge in [-0.15, -0.1) is 0 Å². The minimum absolute atomic E-state index is 0.0164. The lowest BCUT2D eigenvalue weighted by molar-refractivity contribution is -0.117. The predicted molar refractivity (Wildman–Crippen MR) is 98.5 cm³/mol. The van der Waals surface area contributed by atoms with Gasteiger partial charge in [-0.3, -0.25) is 4.79 Å². The summed E-state index contributed by atoms with van der Waals surface area (Å²) < 4.78 is 11.2. The summed E-state index contributed by atoms with van der Waals surface area (Å²) in [4.78, 5) is 23.1. The second-order valence-electron chi connectivity index (χ2n) is 7.56. The molecule has 1 atom stereocenters. The Balaban J connectivity index is 1.33. The van der Waals surface area contributed by atoms with Crippen molar-refractivity contribution in [3.05, 3.63) is 35.0 Å². The van der Waals surface area contributed by atoms with Crippen molar-refractivity contribution in [3.8, 4) is 0 Å². The Hall–Kier alpha value is -2.48. The molecule has 0 saturated carbocycles. The number of aryl methyl sites for hydroxylation is 3. The molecule has 0 aromatic carbocycles. The van der Waals surface area contributed by atoms with Gasteiger partial charge in [0.1, 0.15) is 16.9 Å². The average molecular weight is 371 g/mol. The topological polar surface area (TPSA) is 93.4 Å². The van der Waals surface area contributed by atoms with Crippen LogP contribution in [0.1, 0.15) is 40.2 Å². The lowest BCUT2D eigenvalue weighted by Crippen LogP contribution is -2.66. The van der Waals surface area contributed by atoms with E-state index in [0.717, 1.165) is 31.6 Å². The molecule has 2 aromatic heterocycles. The number of carbonyl (C=O) groups is 1. The SMILES string of the molecule is Cc1cnc(NCC[C@@H]2CCOC23CN(C(=O)c2c(C)noc2C)C3)nc1. The maximum atomic E-state index is 12.7. The molecule has 4 rings (SSSR count). The zero-order valence-corrected chi connectivity index (χ0v) is 16.0. The fraction of sp³-hybridized carbons (Fsp3) is 0.579. The molecule has 0 unspecified atom stereocenters. The molecule has 8 heteroatoms. The Labute approximate surface area is 158 Å². The Kier molecular flexibility index (Phi) is 4.59. The molecule has 2 aliphatic rings. The number of hydrogen-bond acceptors (Lipinski definition) is 7. The number of carbonyl (C=O) groups excluding carboxylic acids is 1. The van der Waals surface area contributed by atoms with Crippen LogP contribution in [0, 0.1) is 26.7 Å². The van der Waals surface area contributed by atoms with Crippen LogP contribution >= 0.6 is 0 Å². The molecule has 1 amide bonds. The molecule has 0 radical (unpaired) electrons. The Bertz CT molecular complexity index is 807. The summed E-state index contributed by atoms with van der Waals surface area (Å²) in [7, 11) is 0. The minimum Gasteiger partial charge on any atom is -0.371 e. The highest BCUT2D eigenvalue weighted by Gasteiger charge is 2.54. The van der Waals surface area contributed by atoms with Crippen LogP contribution in [-0.2, 0) is 4.74 Å². The van der Waals surface area contributed by atoms with E-state index in [0.29, 0.717) is 42.0 Å².